The van der Waals surface area contributed by atoms with E-state index in [9.17, 15) is 17.6 Å². The molecule has 0 aliphatic carbocycles. The largest absolute Gasteiger partial charge is 0.494 e. The lowest BCUT2D eigenvalue weighted by Crippen LogP contribution is -2.11. The molecule has 222 valence electrons. The molecule has 0 amide bonds. The first-order chi connectivity index (χ1) is 19.9. The van der Waals surface area contributed by atoms with Crippen LogP contribution in [0.2, 0.25) is 5.02 Å². The minimum Gasteiger partial charge on any atom is -0.494 e. The minimum absolute atomic E-state index is 0.0118. The van der Waals surface area contributed by atoms with Crippen molar-refractivity contribution < 1.29 is 26.9 Å². The summed E-state index contributed by atoms with van der Waals surface area (Å²) in [5.41, 5.74) is 2.94. The molecule has 3 aromatic carbocycles. The van der Waals surface area contributed by atoms with Crippen molar-refractivity contribution in [3.63, 3.8) is 0 Å². The fraction of sp³-hybridized carbons (Fsp3) is 0.233. The molecule has 1 aromatic heterocycles. The Kier molecular flexibility index (Phi) is 11.5. The third-order valence-electron chi connectivity index (χ3n) is 5.76. The number of nitrogens with one attached hydrogen (secondary N) is 1. The van der Waals surface area contributed by atoms with Crippen LogP contribution in [0, 0.1) is 12.7 Å². The molecule has 0 aliphatic rings. The smallest absolute Gasteiger partial charge is 0.294 e. The zero-order valence-corrected chi connectivity index (χ0v) is 25.2. The fourth-order valence-corrected chi connectivity index (χ4v) is 4.38. The standard InChI is InChI=1S/C23H24ClFN4O2.C7H8O3S/c1-4-31-22-13-21-18(11-15(22)10-17(30)6-5-9-29(2)3)23(27-14-26-21)28-16-7-8-20(25)19(24)12-16;1-6-2-4-7(5-3-6)11(8,9)10/h5-8,11-14H,4,9-10H2,1-3H3,(H,26,27,28);2-5H,1H3,(H,8,9,10)/b6-5+;. The Morgan fingerprint density at radius 2 is 1.83 bits per heavy atom. The Morgan fingerprint density at radius 3 is 2.45 bits per heavy atom. The van der Waals surface area contributed by atoms with Gasteiger partial charge in [-0.1, -0.05) is 35.4 Å². The predicted octanol–water partition coefficient (Wildman–Crippen LogP) is 6.04. The number of ether oxygens (including phenoxy) is 1. The molecular weight excluding hydrogens is 583 g/mol. The highest BCUT2D eigenvalue weighted by Gasteiger charge is 2.14. The third-order valence-corrected chi connectivity index (χ3v) is 6.92. The van der Waals surface area contributed by atoms with Crippen LogP contribution in [0.5, 0.6) is 5.75 Å². The monoisotopic (exact) mass is 614 g/mol. The van der Waals surface area contributed by atoms with Gasteiger partial charge in [0.1, 0.15) is 23.7 Å². The van der Waals surface area contributed by atoms with Crippen LogP contribution >= 0.6 is 11.6 Å². The second-order valence-corrected chi connectivity index (χ2v) is 11.3. The van der Waals surface area contributed by atoms with E-state index in [1.165, 1.54) is 30.6 Å². The number of carbonyl (C=O) groups is 1. The predicted molar refractivity (Wildman–Crippen MR) is 163 cm³/mol. The molecule has 0 bridgehead atoms. The summed E-state index contributed by atoms with van der Waals surface area (Å²) in [4.78, 5) is 23.0. The number of benzene rings is 3. The van der Waals surface area contributed by atoms with Crippen molar-refractivity contribution in [3.05, 3.63) is 95.0 Å². The van der Waals surface area contributed by atoms with Gasteiger partial charge in [0.05, 0.1) is 22.0 Å². The second kappa shape index (κ2) is 14.8. The molecule has 0 fully saturated rings. The molecule has 4 aromatic rings. The summed E-state index contributed by atoms with van der Waals surface area (Å²) >= 11 is 5.89. The molecule has 2 N–H and O–H groups in total. The van der Waals surface area contributed by atoms with Crippen molar-refractivity contribution in [1.29, 1.82) is 0 Å². The second-order valence-electron chi connectivity index (χ2n) is 9.48. The number of rotatable bonds is 10. The van der Waals surface area contributed by atoms with Gasteiger partial charge in [-0.15, -0.1) is 0 Å². The molecule has 0 saturated heterocycles. The average Bonchev–Trinajstić information content (AvgIpc) is 2.91. The van der Waals surface area contributed by atoms with Gasteiger partial charge in [0.15, 0.2) is 5.78 Å². The zero-order valence-electron chi connectivity index (χ0n) is 23.6. The topological polar surface area (TPSA) is 122 Å². The Balaban J connectivity index is 0.000000369. The number of ketones is 1. The third kappa shape index (κ3) is 9.59. The van der Waals surface area contributed by atoms with E-state index in [4.69, 9.17) is 20.9 Å². The zero-order chi connectivity index (χ0) is 30.9. The van der Waals surface area contributed by atoms with E-state index in [1.54, 1.807) is 30.3 Å². The lowest BCUT2D eigenvalue weighted by Gasteiger charge is -2.13. The van der Waals surface area contributed by atoms with Crippen LogP contribution in [0.1, 0.15) is 18.1 Å². The number of aromatic nitrogens is 2. The highest BCUT2D eigenvalue weighted by Crippen LogP contribution is 2.31. The van der Waals surface area contributed by atoms with Crippen LogP contribution < -0.4 is 10.1 Å². The van der Waals surface area contributed by atoms with Crippen LogP contribution in [0.3, 0.4) is 0 Å². The van der Waals surface area contributed by atoms with Crippen LogP contribution in [-0.2, 0) is 21.3 Å². The van der Waals surface area contributed by atoms with Gasteiger partial charge in [-0.3, -0.25) is 9.35 Å². The Hall–Kier alpha value is -3.90. The fourth-order valence-electron chi connectivity index (χ4n) is 3.72. The Bertz CT molecular complexity index is 1680. The molecule has 0 saturated carbocycles. The Morgan fingerprint density at radius 1 is 1.12 bits per heavy atom. The number of anilines is 2. The maximum atomic E-state index is 13.5. The summed E-state index contributed by atoms with van der Waals surface area (Å²) in [6.45, 7) is 4.88. The number of carbonyl (C=O) groups excluding carboxylic acids is 1. The van der Waals surface area contributed by atoms with Gasteiger partial charge in [-0.2, -0.15) is 8.42 Å². The quantitative estimate of drug-likeness (QED) is 0.163. The molecule has 1 heterocycles. The summed E-state index contributed by atoms with van der Waals surface area (Å²) < 4.78 is 48.8. The molecule has 0 atom stereocenters. The molecular formula is C30H32ClFN4O5S. The van der Waals surface area contributed by atoms with Gasteiger partial charge in [0.2, 0.25) is 0 Å². The van der Waals surface area contributed by atoms with Crippen LogP contribution in [0.15, 0.2) is 78.0 Å². The first kappa shape index (κ1) is 32.6. The van der Waals surface area contributed by atoms with E-state index in [2.05, 4.69) is 15.3 Å². The number of fused-ring (bicyclic) bond motifs is 1. The average molecular weight is 615 g/mol. The maximum absolute atomic E-state index is 13.5. The minimum atomic E-state index is -4.02. The molecule has 42 heavy (non-hydrogen) atoms. The lowest BCUT2D eigenvalue weighted by molar-refractivity contribution is -0.114. The lowest BCUT2D eigenvalue weighted by atomic mass is 10.0. The SMILES string of the molecule is CCOc1cc2ncnc(Nc3ccc(F)c(Cl)c3)c2cc1CC(=O)/C=C/CN(C)C.Cc1ccc(S(=O)(=O)O)cc1. The molecule has 0 radical (unpaired) electrons. The van der Waals surface area contributed by atoms with Crippen molar-refractivity contribution in [1.82, 2.24) is 14.9 Å². The number of hydrogen-bond acceptors (Lipinski definition) is 8. The van der Waals surface area contributed by atoms with Gasteiger partial charge in [-0.05, 0) is 70.4 Å². The van der Waals surface area contributed by atoms with Crippen molar-refractivity contribution in [2.75, 3.05) is 32.6 Å². The van der Waals surface area contributed by atoms with Crippen molar-refractivity contribution >= 4 is 49.9 Å². The molecule has 4 rings (SSSR count). The normalized spacial score (nSPS) is 11.4. The summed E-state index contributed by atoms with van der Waals surface area (Å²) in [7, 11) is -0.142. The molecule has 9 nitrogen and oxygen atoms in total. The van der Waals surface area contributed by atoms with Crippen molar-refractivity contribution in [3.8, 4) is 5.75 Å². The van der Waals surface area contributed by atoms with Crippen molar-refractivity contribution in [2.45, 2.75) is 25.2 Å². The van der Waals surface area contributed by atoms with Gasteiger partial charge in [0.25, 0.3) is 10.1 Å². The van der Waals surface area contributed by atoms with Gasteiger partial charge < -0.3 is 15.0 Å². The molecule has 0 unspecified atom stereocenters. The molecule has 12 heteroatoms. The number of allylic oxidation sites excluding steroid dienone is 1. The highest BCUT2D eigenvalue weighted by atomic mass is 35.5. The maximum Gasteiger partial charge on any atom is 0.294 e. The summed E-state index contributed by atoms with van der Waals surface area (Å²) in [6.07, 6.45) is 5.03. The van der Waals surface area contributed by atoms with Crippen LogP contribution in [0.25, 0.3) is 10.9 Å². The number of nitrogens with zero attached hydrogens (tertiary/aromatic N) is 3. The van der Waals surface area contributed by atoms with Gasteiger partial charge in [0, 0.05) is 35.7 Å². The van der Waals surface area contributed by atoms with Crippen LogP contribution in [-0.4, -0.2) is 60.9 Å². The van der Waals surface area contributed by atoms with E-state index in [1.807, 2.05) is 45.0 Å². The van der Waals surface area contributed by atoms with Crippen LogP contribution in [0.4, 0.5) is 15.9 Å². The van der Waals surface area contributed by atoms with Gasteiger partial charge in [-0.25, -0.2) is 14.4 Å². The first-order valence-electron chi connectivity index (χ1n) is 12.9. The van der Waals surface area contributed by atoms with E-state index < -0.39 is 15.9 Å². The van der Waals surface area contributed by atoms with E-state index in [0.717, 1.165) is 11.1 Å². The van der Waals surface area contributed by atoms with Crippen molar-refractivity contribution in [2.24, 2.45) is 0 Å². The molecule has 0 spiro atoms. The number of halogens is 2. The number of hydrogen-bond donors (Lipinski definition) is 2. The van der Waals surface area contributed by atoms with E-state index >= 15 is 0 Å². The van der Waals surface area contributed by atoms with E-state index in [0.29, 0.717) is 41.3 Å². The number of aryl methyl sites for hydroxylation is 1. The first-order valence-corrected chi connectivity index (χ1v) is 14.7. The highest BCUT2D eigenvalue weighted by molar-refractivity contribution is 7.85. The summed E-state index contributed by atoms with van der Waals surface area (Å²) in [5, 5.41) is 3.87. The summed E-state index contributed by atoms with van der Waals surface area (Å²) in [6, 6.07) is 14.0. The van der Waals surface area contributed by atoms with Gasteiger partial charge >= 0.3 is 0 Å². The molecule has 0 aliphatic heterocycles. The number of likely N-dealkylation sites (N-methyl/N-ethyl adjacent to an activating group) is 1. The Labute approximate surface area is 249 Å². The summed E-state index contributed by atoms with van der Waals surface area (Å²) in [5.74, 6) is 0.606. The van der Waals surface area contributed by atoms with E-state index in [-0.39, 0.29) is 22.1 Å².